The molecular weight excluding hydrogens is 244 g/mol. The van der Waals surface area contributed by atoms with E-state index in [1.165, 1.54) is 25.1 Å². The standard InChI is InChI=1S/C10H14N2O4S/c1-2-17(15,16)12-8-5-3-4-7(6-8)9(11)10(13)14/h3-6,9,12H,2,11H2,1H3,(H,13,14)/t9-/m1/s1. The van der Waals surface area contributed by atoms with Crippen LogP contribution in [0.2, 0.25) is 0 Å². The Morgan fingerprint density at radius 3 is 2.71 bits per heavy atom. The molecule has 7 heteroatoms. The highest BCUT2D eigenvalue weighted by atomic mass is 32.2. The zero-order valence-electron chi connectivity index (χ0n) is 9.25. The van der Waals surface area contributed by atoms with Crippen molar-refractivity contribution < 1.29 is 18.3 Å². The molecule has 0 aliphatic carbocycles. The van der Waals surface area contributed by atoms with Crippen molar-refractivity contribution in [3.8, 4) is 0 Å². The largest absolute Gasteiger partial charge is 0.480 e. The number of nitrogens with two attached hydrogens (primary N) is 1. The van der Waals surface area contributed by atoms with Gasteiger partial charge in [0.2, 0.25) is 10.0 Å². The highest BCUT2D eigenvalue weighted by Gasteiger charge is 2.15. The van der Waals surface area contributed by atoms with Crippen LogP contribution >= 0.6 is 0 Å². The van der Waals surface area contributed by atoms with E-state index in [0.29, 0.717) is 11.3 Å². The fraction of sp³-hybridized carbons (Fsp3) is 0.300. The Hall–Kier alpha value is -1.60. The van der Waals surface area contributed by atoms with Gasteiger partial charge in [0.1, 0.15) is 6.04 Å². The van der Waals surface area contributed by atoms with Crippen molar-refractivity contribution in [2.75, 3.05) is 10.5 Å². The van der Waals surface area contributed by atoms with Gasteiger partial charge in [-0.05, 0) is 24.6 Å². The molecule has 6 nitrogen and oxygen atoms in total. The van der Waals surface area contributed by atoms with Crippen LogP contribution in [0.3, 0.4) is 0 Å². The summed E-state index contributed by atoms with van der Waals surface area (Å²) < 4.78 is 25.0. The molecule has 0 saturated carbocycles. The van der Waals surface area contributed by atoms with Crippen LogP contribution in [-0.4, -0.2) is 25.2 Å². The number of rotatable bonds is 5. The molecule has 0 spiro atoms. The van der Waals surface area contributed by atoms with Crippen LogP contribution in [0, 0.1) is 0 Å². The molecule has 0 aliphatic heterocycles. The molecule has 0 unspecified atom stereocenters. The number of carbonyl (C=O) groups is 1. The third-order valence-electron chi connectivity index (χ3n) is 2.17. The van der Waals surface area contributed by atoms with Crippen LogP contribution in [0.15, 0.2) is 24.3 Å². The second kappa shape index (κ2) is 5.15. The first-order chi connectivity index (χ1) is 7.85. The molecule has 94 valence electrons. The minimum absolute atomic E-state index is 0.0534. The summed E-state index contributed by atoms with van der Waals surface area (Å²) in [6, 6.07) is 4.85. The summed E-state index contributed by atoms with van der Waals surface area (Å²) in [5.41, 5.74) is 6.07. The first-order valence-corrected chi connectivity index (χ1v) is 6.60. The normalized spacial score (nSPS) is 13.1. The van der Waals surface area contributed by atoms with E-state index < -0.39 is 22.0 Å². The lowest BCUT2D eigenvalue weighted by Crippen LogP contribution is -2.21. The van der Waals surface area contributed by atoms with Gasteiger partial charge in [0.05, 0.1) is 5.75 Å². The number of carboxylic acid groups (broad SMARTS) is 1. The lowest BCUT2D eigenvalue weighted by atomic mass is 10.1. The number of sulfonamides is 1. The van der Waals surface area contributed by atoms with Crippen LogP contribution in [-0.2, 0) is 14.8 Å². The number of aliphatic carboxylic acids is 1. The van der Waals surface area contributed by atoms with Crippen molar-refractivity contribution in [2.45, 2.75) is 13.0 Å². The number of anilines is 1. The Kier molecular flexibility index (Phi) is 4.08. The molecule has 4 N–H and O–H groups in total. The average molecular weight is 258 g/mol. The molecule has 1 rings (SSSR count). The molecule has 17 heavy (non-hydrogen) atoms. The maximum Gasteiger partial charge on any atom is 0.325 e. The molecule has 0 fully saturated rings. The molecule has 0 saturated heterocycles. The number of carboxylic acids is 1. The van der Waals surface area contributed by atoms with Crippen molar-refractivity contribution in [3.05, 3.63) is 29.8 Å². The molecule has 1 atom stereocenters. The zero-order chi connectivity index (χ0) is 13.1. The van der Waals surface area contributed by atoms with Gasteiger partial charge in [0.15, 0.2) is 0 Å². The number of hydrogen-bond donors (Lipinski definition) is 3. The molecule has 0 bridgehead atoms. The van der Waals surface area contributed by atoms with Gasteiger partial charge in [-0.2, -0.15) is 0 Å². The van der Waals surface area contributed by atoms with Crippen LogP contribution in [0.25, 0.3) is 0 Å². The predicted octanol–water partition coefficient (Wildman–Crippen LogP) is 0.533. The van der Waals surface area contributed by atoms with Gasteiger partial charge in [-0.3, -0.25) is 9.52 Å². The van der Waals surface area contributed by atoms with Crippen LogP contribution < -0.4 is 10.5 Å². The third kappa shape index (κ3) is 3.72. The summed E-state index contributed by atoms with van der Waals surface area (Å²) in [5, 5.41) is 8.74. The lowest BCUT2D eigenvalue weighted by Gasteiger charge is -2.10. The van der Waals surface area contributed by atoms with Gasteiger partial charge >= 0.3 is 5.97 Å². The van der Waals surface area contributed by atoms with Crippen molar-refractivity contribution in [1.29, 1.82) is 0 Å². The Balaban J connectivity index is 2.98. The smallest absolute Gasteiger partial charge is 0.325 e. The molecule has 0 radical (unpaired) electrons. The Morgan fingerprint density at radius 1 is 1.53 bits per heavy atom. The van der Waals surface area contributed by atoms with E-state index in [1.54, 1.807) is 6.07 Å². The molecular formula is C10H14N2O4S. The number of benzene rings is 1. The maximum atomic E-state index is 11.3. The maximum absolute atomic E-state index is 11.3. The van der Waals surface area contributed by atoms with Crippen molar-refractivity contribution in [2.24, 2.45) is 5.73 Å². The van der Waals surface area contributed by atoms with Gasteiger partial charge in [0.25, 0.3) is 0 Å². The molecule has 1 aromatic carbocycles. The highest BCUT2D eigenvalue weighted by Crippen LogP contribution is 2.17. The number of nitrogens with one attached hydrogen (secondary N) is 1. The van der Waals surface area contributed by atoms with Gasteiger partial charge in [0, 0.05) is 5.69 Å². The molecule has 0 heterocycles. The van der Waals surface area contributed by atoms with E-state index in [-0.39, 0.29) is 5.75 Å². The van der Waals surface area contributed by atoms with Crippen LogP contribution in [0.5, 0.6) is 0 Å². The zero-order valence-corrected chi connectivity index (χ0v) is 10.1. The second-order valence-electron chi connectivity index (χ2n) is 3.45. The lowest BCUT2D eigenvalue weighted by molar-refractivity contribution is -0.138. The SMILES string of the molecule is CCS(=O)(=O)Nc1cccc([C@@H](N)C(=O)O)c1. The quantitative estimate of drug-likeness (QED) is 0.713. The first-order valence-electron chi connectivity index (χ1n) is 4.94. The monoisotopic (exact) mass is 258 g/mol. The molecule has 0 amide bonds. The first kappa shape index (κ1) is 13.5. The summed E-state index contributed by atoms with van der Waals surface area (Å²) in [6.45, 7) is 1.51. The Morgan fingerprint density at radius 2 is 2.18 bits per heavy atom. The molecule has 0 aromatic heterocycles. The van der Waals surface area contributed by atoms with Crippen LogP contribution in [0.4, 0.5) is 5.69 Å². The van der Waals surface area contributed by atoms with E-state index in [1.807, 2.05) is 0 Å². The van der Waals surface area contributed by atoms with E-state index in [9.17, 15) is 13.2 Å². The Bertz CT molecular complexity index is 513. The summed E-state index contributed by atoms with van der Waals surface area (Å²) in [7, 11) is -3.37. The topological polar surface area (TPSA) is 109 Å². The van der Waals surface area contributed by atoms with Gasteiger partial charge in [-0.15, -0.1) is 0 Å². The summed E-state index contributed by atoms with van der Waals surface area (Å²) in [4.78, 5) is 10.7. The van der Waals surface area contributed by atoms with Crippen molar-refractivity contribution >= 4 is 21.7 Å². The van der Waals surface area contributed by atoms with Crippen LogP contribution in [0.1, 0.15) is 18.5 Å². The minimum atomic E-state index is -3.37. The van der Waals surface area contributed by atoms with Gasteiger partial charge in [-0.1, -0.05) is 12.1 Å². The highest BCUT2D eigenvalue weighted by molar-refractivity contribution is 7.92. The average Bonchev–Trinajstić information content (AvgIpc) is 2.27. The number of hydrogen-bond acceptors (Lipinski definition) is 4. The van der Waals surface area contributed by atoms with Crippen molar-refractivity contribution in [3.63, 3.8) is 0 Å². The minimum Gasteiger partial charge on any atom is -0.480 e. The fourth-order valence-electron chi connectivity index (χ4n) is 1.19. The van der Waals surface area contributed by atoms with Gasteiger partial charge < -0.3 is 10.8 Å². The van der Waals surface area contributed by atoms with E-state index in [2.05, 4.69) is 4.72 Å². The third-order valence-corrected chi connectivity index (χ3v) is 3.47. The van der Waals surface area contributed by atoms with E-state index >= 15 is 0 Å². The fourth-order valence-corrected chi connectivity index (χ4v) is 1.82. The van der Waals surface area contributed by atoms with Crippen molar-refractivity contribution in [1.82, 2.24) is 0 Å². The summed E-state index contributed by atoms with van der Waals surface area (Å²) in [6.07, 6.45) is 0. The second-order valence-corrected chi connectivity index (χ2v) is 5.46. The van der Waals surface area contributed by atoms with E-state index in [0.717, 1.165) is 0 Å². The molecule has 1 aromatic rings. The Labute approximate surface area is 99.5 Å². The van der Waals surface area contributed by atoms with E-state index in [4.69, 9.17) is 10.8 Å². The molecule has 0 aliphatic rings. The summed E-state index contributed by atoms with van der Waals surface area (Å²) in [5.74, 6) is -1.22. The summed E-state index contributed by atoms with van der Waals surface area (Å²) >= 11 is 0. The predicted molar refractivity (Wildman–Crippen MR) is 64.1 cm³/mol. The van der Waals surface area contributed by atoms with Gasteiger partial charge in [-0.25, -0.2) is 8.42 Å².